The molecule has 0 bridgehead atoms. The van der Waals surface area contributed by atoms with Gasteiger partial charge >= 0.3 is 5.97 Å². The normalized spacial score (nSPS) is 13.9. The summed E-state index contributed by atoms with van der Waals surface area (Å²) >= 11 is 0. The van der Waals surface area contributed by atoms with Gasteiger partial charge in [0.1, 0.15) is 6.10 Å². The minimum absolute atomic E-state index is 0.0510. The van der Waals surface area contributed by atoms with Crippen LogP contribution in [0.2, 0.25) is 0 Å². The molecule has 0 rings (SSSR count). The second-order valence-electron chi connectivity index (χ2n) is 16.8. The molecular weight excluding hydrogens is 743 g/mol. The molecule has 0 heterocycles. The quantitative estimate of drug-likeness (QED) is 0.0323. The van der Waals surface area contributed by atoms with Crippen LogP contribution < -0.4 is 5.32 Å². The van der Waals surface area contributed by atoms with E-state index < -0.39 is 18.2 Å². The fourth-order valence-corrected chi connectivity index (χ4v) is 7.21. The highest BCUT2D eigenvalue weighted by Gasteiger charge is 2.23. The molecule has 0 fully saturated rings. The van der Waals surface area contributed by atoms with Crippen molar-refractivity contribution in [1.29, 1.82) is 0 Å². The number of aliphatic hydroxyl groups excluding tert-OH is 2. The van der Waals surface area contributed by atoms with Crippen LogP contribution in [0, 0.1) is 0 Å². The standard InChI is InChI=1S/C54H95NO5/c1-4-7-10-13-16-19-22-25-27-29-31-34-37-40-43-46-52(57)51(49-56)55-53(58)48-50(45-42-39-36-33-30-28-26-23-20-17-14-11-8-5-2)60-54(59)47-44-41-38-35-32-24-21-18-15-12-9-6-3/h8,11,17-18,20-21,26,28,33,36,42,45,50-52,56-57H,4-7,9-10,12-16,19,22-25,27,29-32,34-35,37-41,43-44,46-49H2,1-3H3,(H,55,58)/b11-8+,20-17+,21-18-,28-26+,36-33+,45-42+. The molecule has 0 aliphatic rings. The van der Waals surface area contributed by atoms with E-state index in [1.54, 1.807) is 6.08 Å². The first-order chi connectivity index (χ1) is 29.5. The highest BCUT2D eigenvalue weighted by atomic mass is 16.5. The third-order valence-corrected chi connectivity index (χ3v) is 11.0. The van der Waals surface area contributed by atoms with Crippen molar-refractivity contribution in [2.45, 2.75) is 251 Å². The second kappa shape index (κ2) is 47.4. The third-order valence-electron chi connectivity index (χ3n) is 11.0. The van der Waals surface area contributed by atoms with E-state index in [1.165, 1.54) is 109 Å². The molecule has 0 aliphatic heterocycles. The van der Waals surface area contributed by atoms with Gasteiger partial charge in [-0.1, -0.05) is 216 Å². The predicted octanol–water partition coefficient (Wildman–Crippen LogP) is 15.0. The van der Waals surface area contributed by atoms with Gasteiger partial charge in [0.15, 0.2) is 0 Å². The van der Waals surface area contributed by atoms with Crippen LogP contribution in [-0.2, 0) is 14.3 Å². The van der Waals surface area contributed by atoms with Crippen LogP contribution in [0.25, 0.3) is 0 Å². The van der Waals surface area contributed by atoms with Crippen LogP contribution >= 0.6 is 0 Å². The average molecular weight is 838 g/mol. The molecule has 6 nitrogen and oxygen atoms in total. The lowest BCUT2D eigenvalue weighted by Crippen LogP contribution is -2.46. The first-order valence-corrected chi connectivity index (χ1v) is 25.2. The fraction of sp³-hybridized carbons (Fsp3) is 0.741. The molecule has 0 saturated heterocycles. The second-order valence-corrected chi connectivity index (χ2v) is 16.8. The number of hydrogen-bond acceptors (Lipinski definition) is 5. The van der Waals surface area contributed by atoms with Crippen molar-refractivity contribution < 1.29 is 24.5 Å². The van der Waals surface area contributed by atoms with E-state index in [0.717, 1.165) is 77.0 Å². The Morgan fingerprint density at radius 1 is 0.517 bits per heavy atom. The Morgan fingerprint density at radius 3 is 1.43 bits per heavy atom. The maximum absolute atomic E-state index is 13.1. The number of rotatable bonds is 44. The molecule has 60 heavy (non-hydrogen) atoms. The summed E-state index contributed by atoms with van der Waals surface area (Å²) in [5.41, 5.74) is 0. The smallest absolute Gasteiger partial charge is 0.306 e. The zero-order valence-electron chi connectivity index (χ0n) is 39.3. The Kier molecular flexibility index (Phi) is 45.2. The van der Waals surface area contributed by atoms with Crippen molar-refractivity contribution in [3.05, 3.63) is 72.9 Å². The molecule has 0 radical (unpaired) electrons. The zero-order chi connectivity index (χ0) is 43.8. The summed E-state index contributed by atoms with van der Waals surface area (Å²) in [6.07, 6.45) is 59.9. The Bertz CT molecular complexity index is 1120. The van der Waals surface area contributed by atoms with Crippen molar-refractivity contribution in [3.63, 3.8) is 0 Å². The van der Waals surface area contributed by atoms with E-state index in [0.29, 0.717) is 19.3 Å². The van der Waals surface area contributed by atoms with Crippen molar-refractivity contribution >= 4 is 11.9 Å². The first-order valence-electron chi connectivity index (χ1n) is 25.2. The van der Waals surface area contributed by atoms with E-state index in [4.69, 9.17) is 4.74 Å². The molecule has 3 N–H and O–H groups in total. The molecule has 346 valence electrons. The van der Waals surface area contributed by atoms with Crippen LogP contribution in [-0.4, -0.2) is 46.9 Å². The summed E-state index contributed by atoms with van der Waals surface area (Å²) in [6, 6.07) is -0.745. The largest absolute Gasteiger partial charge is 0.458 e. The summed E-state index contributed by atoms with van der Waals surface area (Å²) in [5.74, 6) is -0.641. The van der Waals surface area contributed by atoms with E-state index in [9.17, 15) is 19.8 Å². The van der Waals surface area contributed by atoms with Crippen molar-refractivity contribution in [2.75, 3.05) is 6.61 Å². The maximum Gasteiger partial charge on any atom is 0.306 e. The number of allylic oxidation sites excluding steroid dienone is 11. The molecule has 0 aliphatic carbocycles. The minimum Gasteiger partial charge on any atom is -0.458 e. The van der Waals surface area contributed by atoms with Gasteiger partial charge in [0.2, 0.25) is 5.91 Å². The topological polar surface area (TPSA) is 95.9 Å². The number of carbonyl (C=O) groups is 2. The van der Waals surface area contributed by atoms with Crippen molar-refractivity contribution in [1.82, 2.24) is 5.32 Å². The van der Waals surface area contributed by atoms with E-state index >= 15 is 0 Å². The van der Waals surface area contributed by atoms with Crippen LogP contribution in [0.5, 0.6) is 0 Å². The zero-order valence-corrected chi connectivity index (χ0v) is 39.3. The predicted molar refractivity (Wildman–Crippen MR) is 259 cm³/mol. The molecular formula is C54H95NO5. The number of carbonyl (C=O) groups excluding carboxylic acids is 2. The summed E-state index contributed by atoms with van der Waals surface area (Å²) in [7, 11) is 0. The number of esters is 1. The van der Waals surface area contributed by atoms with E-state index in [-0.39, 0.29) is 24.9 Å². The number of ether oxygens (including phenoxy) is 1. The number of aliphatic hydroxyl groups is 2. The number of amides is 1. The van der Waals surface area contributed by atoms with Crippen LogP contribution in [0.3, 0.4) is 0 Å². The Morgan fingerprint density at radius 2 is 0.933 bits per heavy atom. The van der Waals surface area contributed by atoms with Crippen molar-refractivity contribution in [2.24, 2.45) is 0 Å². The van der Waals surface area contributed by atoms with Gasteiger partial charge < -0.3 is 20.3 Å². The lowest BCUT2D eigenvalue weighted by molar-refractivity contribution is -0.148. The first kappa shape index (κ1) is 57.3. The summed E-state index contributed by atoms with van der Waals surface area (Å²) < 4.78 is 5.80. The molecule has 0 spiro atoms. The van der Waals surface area contributed by atoms with Gasteiger partial charge in [0.05, 0.1) is 25.2 Å². The summed E-state index contributed by atoms with van der Waals surface area (Å²) in [5, 5.41) is 23.7. The Balaban J connectivity index is 4.71. The van der Waals surface area contributed by atoms with Gasteiger partial charge in [0.25, 0.3) is 0 Å². The molecule has 6 heteroatoms. The summed E-state index contributed by atoms with van der Waals surface area (Å²) in [4.78, 5) is 26.0. The number of unbranched alkanes of at least 4 members (excludes halogenated alkanes) is 22. The van der Waals surface area contributed by atoms with Gasteiger partial charge in [-0.15, -0.1) is 0 Å². The van der Waals surface area contributed by atoms with Crippen LogP contribution in [0.4, 0.5) is 0 Å². The highest BCUT2D eigenvalue weighted by molar-refractivity contribution is 5.78. The highest BCUT2D eigenvalue weighted by Crippen LogP contribution is 2.16. The number of nitrogens with one attached hydrogen (secondary N) is 1. The molecule has 0 aromatic rings. The maximum atomic E-state index is 13.1. The monoisotopic (exact) mass is 838 g/mol. The van der Waals surface area contributed by atoms with E-state index in [2.05, 4.69) is 86.8 Å². The average Bonchev–Trinajstić information content (AvgIpc) is 3.24. The molecule has 0 aromatic carbocycles. The summed E-state index contributed by atoms with van der Waals surface area (Å²) in [6.45, 7) is 6.30. The van der Waals surface area contributed by atoms with Crippen LogP contribution in [0.15, 0.2) is 72.9 Å². The van der Waals surface area contributed by atoms with E-state index in [1.807, 2.05) is 6.08 Å². The molecule has 0 saturated carbocycles. The SMILES string of the molecule is CC/C=C/C/C=C/C/C=C/C/C=C/C/C=C/C(CC(=O)NC(CO)C(O)CCCCCCCCCCCCCCCCC)OC(=O)CCCCCCC/C=C\CCCCC. The van der Waals surface area contributed by atoms with Gasteiger partial charge in [0, 0.05) is 6.42 Å². The Labute approximate surface area is 371 Å². The molecule has 0 aromatic heterocycles. The lowest BCUT2D eigenvalue weighted by atomic mass is 10.0. The molecule has 3 unspecified atom stereocenters. The van der Waals surface area contributed by atoms with Gasteiger partial charge in [-0.2, -0.15) is 0 Å². The van der Waals surface area contributed by atoms with Gasteiger partial charge in [-0.3, -0.25) is 9.59 Å². The molecule has 1 amide bonds. The van der Waals surface area contributed by atoms with Crippen LogP contribution in [0.1, 0.15) is 233 Å². The third kappa shape index (κ3) is 42.0. The molecule has 3 atom stereocenters. The lowest BCUT2D eigenvalue weighted by Gasteiger charge is -2.23. The van der Waals surface area contributed by atoms with Gasteiger partial charge in [-0.25, -0.2) is 0 Å². The van der Waals surface area contributed by atoms with Crippen molar-refractivity contribution in [3.8, 4) is 0 Å². The minimum atomic E-state index is -0.822. The van der Waals surface area contributed by atoms with Gasteiger partial charge in [-0.05, 0) is 76.7 Å². The fourth-order valence-electron chi connectivity index (χ4n) is 7.21. The number of hydrogen-bond donors (Lipinski definition) is 3. The Hall–Kier alpha value is -2.70.